The van der Waals surface area contributed by atoms with E-state index < -0.39 is 0 Å². The zero-order valence-electron chi connectivity index (χ0n) is 17.1. The summed E-state index contributed by atoms with van der Waals surface area (Å²) in [6.45, 7) is 6.73. The van der Waals surface area contributed by atoms with Crippen LogP contribution in [0.2, 0.25) is 0 Å². The van der Waals surface area contributed by atoms with Crippen LogP contribution in [0.3, 0.4) is 0 Å². The van der Waals surface area contributed by atoms with Crippen LogP contribution >= 0.6 is 0 Å². The Morgan fingerprint density at radius 2 is 1.31 bits per heavy atom. The average Bonchev–Trinajstić information content (AvgIpc) is 2.90. The van der Waals surface area contributed by atoms with E-state index in [0.717, 1.165) is 12.8 Å². The molecule has 2 rings (SSSR count). The van der Waals surface area contributed by atoms with E-state index >= 15 is 0 Å². The maximum absolute atomic E-state index is 12.5. The predicted octanol–water partition coefficient (Wildman–Crippen LogP) is 4.36. The van der Waals surface area contributed by atoms with Crippen LogP contribution in [0.5, 0.6) is 0 Å². The molecule has 0 radical (unpaired) electrons. The lowest BCUT2D eigenvalue weighted by Gasteiger charge is -2.32. The lowest BCUT2D eigenvalue weighted by molar-refractivity contribution is -0.131. The molecule has 0 aromatic heterocycles. The van der Waals surface area contributed by atoms with E-state index in [9.17, 15) is 9.59 Å². The molecule has 1 heterocycles. The number of carbonyl (C=O) groups excluding carboxylic acids is 2. The maximum atomic E-state index is 12.5. The van der Waals surface area contributed by atoms with Gasteiger partial charge in [0.05, 0.1) is 6.04 Å². The summed E-state index contributed by atoms with van der Waals surface area (Å²) in [5.74, 6) is 0.133. The van der Waals surface area contributed by atoms with Crippen LogP contribution in [0, 0.1) is 0 Å². The molecule has 1 atom stereocenters. The highest BCUT2D eigenvalue weighted by atomic mass is 16.2. The van der Waals surface area contributed by atoms with Gasteiger partial charge in [0.25, 0.3) is 0 Å². The predicted molar refractivity (Wildman–Crippen MR) is 106 cm³/mol. The summed E-state index contributed by atoms with van der Waals surface area (Å²) < 4.78 is 0. The van der Waals surface area contributed by atoms with Gasteiger partial charge in [0.15, 0.2) is 0 Å². The van der Waals surface area contributed by atoms with Gasteiger partial charge >= 0.3 is 6.03 Å². The lowest BCUT2D eigenvalue weighted by atomic mass is 9.98. The van der Waals surface area contributed by atoms with Gasteiger partial charge in [0, 0.05) is 24.5 Å². The molecule has 26 heavy (non-hydrogen) atoms. The highest BCUT2D eigenvalue weighted by molar-refractivity contribution is 5.82. The van der Waals surface area contributed by atoms with E-state index in [1.165, 1.54) is 57.8 Å². The van der Waals surface area contributed by atoms with E-state index in [2.05, 4.69) is 10.6 Å². The summed E-state index contributed by atoms with van der Waals surface area (Å²) >= 11 is 0. The topological polar surface area (TPSA) is 61.4 Å². The molecule has 0 aromatic carbocycles. The number of rotatable bonds is 2. The Labute approximate surface area is 159 Å². The molecule has 2 aliphatic rings. The number of amides is 3. The molecule has 3 amide bonds. The van der Waals surface area contributed by atoms with Gasteiger partial charge in [0.1, 0.15) is 0 Å². The second-order valence-corrected chi connectivity index (χ2v) is 9.15. The van der Waals surface area contributed by atoms with Crippen LogP contribution < -0.4 is 10.6 Å². The van der Waals surface area contributed by atoms with E-state index in [0.29, 0.717) is 13.0 Å². The molecule has 1 unspecified atom stereocenters. The Balaban J connectivity index is 1.78. The van der Waals surface area contributed by atoms with Gasteiger partial charge < -0.3 is 15.5 Å². The molecular formula is C21H39N3O2. The third-order valence-electron chi connectivity index (χ3n) is 5.71. The molecule has 150 valence electrons. The Morgan fingerprint density at radius 1 is 0.846 bits per heavy atom. The highest BCUT2D eigenvalue weighted by Gasteiger charge is 2.36. The normalized spacial score (nSPS) is 24.7. The molecule has 5 heteroatoms. The number of likely N-dealkylation sites (tertiary alicyclic amines) is 1. The van der Waals surface area contributed by atoms with E-state index in [4.69, 9.17) is 0 Å². The summed E-state index contributed by atoms with van der Waals surface area (Å²) in [7, 11) is 0. The van der Waals surface area contributed by atoms with Crippen LogP contribution in [0.4, 0.5) is 4.79 Å². The minimum atomic E-state index is -0.183. The first-order valence-corrected chi connectivity index (χ1v) is 10.7. The standard InChI is InChI=1S/C21H39N3O2/c1-21(2,3)24-16-18(15-19(24)25)23-20(26)22-17-13-11-9-7-5-4-6-8-10-12-14-17/h17-18H,4-16H2,1-3H3,(H2,22,23,26). The van der Waals surface area contributed by atoms with Crippen LogP contribution in [0.1, 0.15) is 97.8 Å². The minimum Gasteiger partial charge on any atom is -0.336 e. The molecule has 0 bridgehead atoms. The number of nitrogens with one attached hydrogen (secondary N) is 2. The third-order valence-corrected chi connectivity index (χ3v) is 5.71. The van der Waals surface area contributed by atoms with Crippen LogP contribution in [0.15, 0.2) is 0 Å². The molecular weight excluding hydrogens is 326 g/mol. The lowest BCUT2D eigenvalue weighted by Crippen LogP contribution is -2.48. The van der Waals surface area contributed by atoms with E-state index in [1.54, 1.807) is 0 Å². The van der Waals surface area contributed by atoms with Crippen molar-refractivity contribution >= 4 is 11.9 Å². The van der Waals surface area contributed by atoms with Crippen LogP contribution in [-0.2, 0) is 4.79 Å². The molecule has 1 saturated carbocycles. The van der Waals surface area contributed by atoms with Gasteiger partial charge in [-0.1, -0.05) is 57.8 Å². The van der Waals surface area contributed by atoms with Crippen molar-refractivity contribution in [3.05, 3.63) is 0 Å². The number of hydrogen-bond acceptors (Lipinski definition) is 2. The summed E-state index contributed by atoms with van der Waals surface area (Å²) in [6.07, 6.45) is 14.3. The van der Waals surface area contributed by atoms with Crippen molar-refractivity contribution in [2.24, 2.45) is 0 Å². The fourth-order valence-electron chi connectivity index (χ4n) is 4.17. The molecule has 0 aromatic rings. The fourth-order valence-corrected chi connectivity index (χ4v) is 4.17. The van der Waals surface area contributed by atoms with Crippen LogP contribution in [0.25, 0.3) is 0 Å². The molecule has 1 saturated heterocycles. The average molecular weight is 366 g/mol. The second-order valence-electron chi connectivity index (χ2n) is 9.15. The van der Waals surface area contributed by atoms with Gasteiger partial charge in [-0.3, -0.25) is 4.79 Å². The smallest absolute Gasteiger partial charge is 0.315 e. The molecule has 1 aliphatic carbocycles. The summed E-state index contributed by atoms with van der Waals surface area (Å²) in [6, 6.07) is 0.0916. The van der Waals surface area contributed by atoms with Gasteiger partial charge in [-0.05, 0) is 33.6 Å². The monoisotopic (exact) mass is 365 g/mol. The quantitative estimate of drug-likeness (QED) is 0.764. The largest absolute Gasteiger partial charge is 0.336 e. The Hall–Kier alpha value is -1.26. The number of hydrogen-bond donors (Lipinski definition) is 2. The summed E-state index contributed by atoms with van der Waals surface area (Å²) in [5.41, 5.74) is -0.183. The first kappa shape index (κ1) is 21.0. The first-order chi connectivity index (χ1) is 12.4. The molecule has 5 nitrogen and oxygen atoms in total. The maximum Gasteiger partial charge on any atom is 0.315 e. The number of urea groups is 1. The summed E-state index contributed by atoms with van der Waals surface area (Å²) in [4.78, 5) is 26.5. The molecule has 2 N–H and O–H groups in total. The Morgan fingerprint density at radius 3 is 1.77 bits per heavy atom. The zero-order valence-corrected chi connectivity index (χ0v) is 17.1. The van der Waals surface area contributed by atoms with Crippen LogP contribution in [-0.4, -0.2) is 41.0 Å². The number of carbonyl (C=O) groups is 2. The van der Waals surface area contributed by atoms with E-state index in [1.807, 2.05) is 25.7 Å². The van der Waals surface area contributed by atoms with Gasteiger partial charge in [-0.15, -0.1) is 0 Å². The van der Waals surface area contributed by atoms with Gasteiger partial charge in [-0.25, -0.2) is 4.79 Å². The van der Waals surface area contributed by atoms with Crippen molar-refractivity contribution in [1.82, 2.24) is 15.5 Å². The Bertz CT molecular complexity index is 447. The van der Waals surface area contributed by atoms with Crippen molar-refractivity contribution in [2.45, 2.75) is 115 Å². The summed E-state index contributed by atoms with van der Waals surface area (Å²) in [5, 5.41) is 6.22. The van der Waals surface area contributed by atoms with E-state index in [-0.39, 0.29) is 29.6 Å². The second kappa shape index (κ2) is 10.2. The first-order valence-electron chi connectivity index (χ1n) is 10.7. The molecule has 2 fully saturated rings. The van der Waals surface area contributed by atoms with Crippen molar-refractivity contribution < 1.29 is 9.59 Å². The Kier molecular flexibility index (Phi) is 8.23. The highest BCUT2D eigenvalue weighted by Crippen LogP contribution is 2.22. The van der Waals surface area contributed by atoms with Gasteiger partial charge in [-0.2, -0.15) is 0 Å². The number of nitrogens with zero attached hydrogens (tertiary/aromatic N) is 1. The third kappa shape index (κ3) is 7.16. The zero-order chi connectivity index (χ0) is 19.0. The van der Waals surface area contributed by atoms with Crippen molar-refractivity contribution in [2.75, 3.05) is 6.54 Å². The fraction of sp³-hybridized carbons (Fsp3) is 0.905. The molecule has 1 aliphatic heterocycles. The van der Waals surface area contributed by atoms with Crippen molar-refractivity contribution in [1.29, 1.82) is 0 Å². The SMILES string of the molecule is CC(C)(C)N1CC(NC(=O)NC2CCCCCCCCCCC2)CC1=O. The molecule has 0 spiro atoms. The van der Waals surface area contributed by atoms with Gasteiger partial charge in [0.2, 0.25) is 5.91 Å². The van der Waals surface area contributed by atoms with Crippen molar-refractivity contribution in [3.8, 4) is 0 Å². The minimum absolute atomic E-state index is 0.0760. The van der Waals surface area contributed by atoms with Crippen molar-refractivity contribution in [3.63, 3.8) is 0 Å².